The van der Waals surface area contributed by atoms with Gasteiger partial charge in [-0.3, -0.25) is 4.79 Å². The van der Waals surface area contributed by atoms with Gasteiger partial charge in [-0.2, -0.15) is 0 Å². The molecule has 2 aliphatic heterocycles. The van der Waals surface area contributed by atoms with Crippen LogP contribution in [0, 0.1) is 0 Å². The molecule has 4 unspecified atom stereocenters. The van der Waals surface area contributed by atoms with Crippen LogP contribution in [0.2, 0.25) is 0 Å². The van der Waals surface area contributed by atoms with Crippen LogP contribution in [0.15, 0.2) is 78.0 Å². The maximum atomic E-state index is 14.0. The first-order chi connectivity index (χ1) is 19.5. The van der Waals surface area contributed by atoms with Gasteiger partial charge in [0.05, 0.1) is 31.6 Å². The summed E-state index contributed by atoms with van der Waals surface area (Å²) in [4.78, 5) is 16.5. The summed E-state index contributed by atoms with van der Waals surface area (Å²) in [6.45, 7) is 4.62. The van der Waals surface area contributed by atoms with Gasteiger partial charge in [-0.05, 0) is 81.3 Å². The third kappa shape index (κ3) is 4.80. The van der Waals surface area contributed by atoms with E-state index in [9.17, 15) is 4.79 Å². The van der Waals surface area contributed by atoms with Gasteiger partial charge in [-0.15, -0.1) is 0 Å². The predicted molar refractivity (Wildman–Crippen MR) is 162 cm³/mol. The van der Waals surface area contributed by atoms with Crippen molar-refractivity contribution in [2.45, 2.75) is 70.0 Å². The van der Waals surface area contributed by atoms with E-state index in [1.54, 1.807) is 14.2 Å². The maximum absolute atomic E-state index is 14.0. The van der Waals surface area contributed by atoms with Crippen LogP contribution in [0.1, 0.15) is 69.0 Å². The Bertz CT molecular complexity index is 1420. The number of allylic oxidation sites excluding steroid dienone is 1. The highest BCUT2D eigenvalue weighted by Gasteiger charge is 2.37. The first kappa shape index (κ1) is 26.3. The maximum Gasteiger partial charge on any atom is 0.163 e. The summed E-state index contributed by atoms with van der Waals surface area (Å²) in [5.41, 5.74) is 7.03. The molecule has 6 nitrogen and oxygen atoms in total. The number of fused-ring (bicyclic) bond motifs is 1. The highest BCUT2D eigenvalue weighted by Crippen LogP contribution is 2.46. The molecule has 0 bridgehead atoms. The van der Waals surface area contributed by atoms with Gasteiger partial charge < -0.3 is 25.0 Å². The molecule has 4 atom stereocenters. The number of Topliss-reactive ketones (excluding diaryl/α,β-unsaturated/α-hetero) is 1. The second-order valence-corrected chi connectivity index (χ2v) is 11.4. The number of nitrogens with one attached hydrogen (secondary N) is 2. The van der Waals surface area contributed by atoms with Crippen LogP contribution in [0.5, 0.6) is 11.5 Å². The number of nitrogens with zero attached hydrogens (tertiary/aromatic N) is 1. The van der Waals surface area contributed by atoms with Gasteiger partial charge in [0.2, 0.25) is 0 Å². The number of anilines is 3. The Morgan fingerprint density at radius 3 is 2.27 bits per heavy atom. The normalized spacial score (nSPS) is 24.3. The fourth-order valence-electron chi connectivity index (χ4n) is 6.87. The molecule has 0 radical (unpaired) electrons. The van der Waals surface area contributed by atoms with Gasteiger partial charge in [0, 0.05) is 47.1 Å². The Kier molecular flexibility index (Phi) is 7.18. The van der Waals surface area contributed by atoms with E-state index >= 15 is 0 Å². The van der Waals surface area contributed by atoms with Crippen LogP contribution in [-0.2, 0) is 4.79 Å². The van der Waals surface area contributed by atoms with Gasteiger partial charge in [0.15, 0.2) is 5.78 Å². The highest BCUT2D eigenvalue weighted by molar-refractivity contribution is 6.01. The smallest absolute Gasteiger partial charge is 0.163 e. The molecule has 6 heteroatoms. The Hall–Kier alpha value is -3.93. The summed E-state index contributed by atoms with van der Waals surface area (Å²) in [7, 11) is 3.40. The van der Waals surface area contributed by atoms with Crippen LogP contribution in [0.3, 0.4) is 0 Å². The molecule has 6 rings (SSSR count). The summed E-state index contributed by atoms with van der Waals surface area (Å²) in [5.74, 6) is 1.88. The molecule has 0 saturated carbocycles. The van der Waals surface area contributed by atoms with Crippen LogP contribution >= 0.6 is 0 Å². The molecule has 1 saturated heterocycles. The van der Waals surface area contributed by atoms with Crippen LogP contribution in [0.25, 0.3) is 0 Å². The first-order valence-electron chi connectivity index (χ1n) is 14.5. The Morgan fingerprint density at radius 2 is 1.57 bits per heavy atom. The van der Waals surface area contributed by atoms with Crippen molar-refractivity contribution in [2.24, 2.45) is 0 Å². The number of benzene rings is 3. The number of carbonyl (C=O) groups excluding carboxylic acids is 1. The zero-order valence-corrected chi connectivity index (χ0v) is 23.9. The van der Waals surface area contributed by atoms with Crippen LogP contribution in [0.4, 0.5) is 17.1 Å². The lowest BCUT2D eigenvalue weighted by Gasteiger charge is -2.41. The minimum absolute atomic E-state index is 0.0990. The summed E-state index contributed by atoms with van der Waals surface area (Å²) in [5, 5.41) is 7.36. The van der Waals surface area contributed by atoms with Crippen molar-refractivity contribution in [1.82, 2.24) is 0 Å². The number of hydrogen-bond donors (Lipinski definition) is 2. The third-order valence-electron chi connectivity index (χ3n) is 8.92. The van der Waals surface area contributed by atoms with Crippen molar-refractivity contribution in [2.75, 3.05) is 29.8 Å². The lowest BCUT2D eigenvalue weighted by molar-refractivity contribution is -0.116. The quantitative estimate of drug-likeness (QED) is 0.352. The fraction of sp³-hybridized carbons (Fsp3) is 0.382. The van der Waals surface area contributed by atoms with E-state index in [0.717, 1.165) is 51.7 Å². The van der Waals surface area contributed by atoms with E-state index in [2.05, 4.69) is 71.8 Å². The molecule has 0 amide bonds. The van der Waals surface area contributed by atoms with Crippen molar-refractivity contribution < 1.29 is 14.3 Å². The average Bonchev–Trinajstić information content (AvgIpc) is 3.14. The van der Waals surface area contributed by atoms with Crippen molar-refractivity contribution >= 4 is 22.8 Å². The number of methoxy groups -OCH3 is 2. The molecule has 3 aromatic carbocycles. The fourth-order valence-corrected chi connectivity index (χ4v) is 6.87. The van der Waals surface area contributed by atoms with Crippen molar-refractivity contribution in [1.29, 1.82) is 0 Å². The number of piperidine rings is 1. The molecule has 0 spiro atoms. The number of ketones is 1. The Morgan fingerprint density at radius 1 is 0.850 bits per heavy atom. The van der Waals surface area contributed by atoms with Crippen LogP contribution in [-0.4, -0.2) is 32.1 Å². The zero-order chi connectivity index (χ0) is 27.8. The summed E-state index contributed by atoms with van der Waals surface area (Å²) >= 11 is 0. The van der Waals surface area contributed by atoms with Gasteiger partial charge in [-0.25, -0.2) is 0 Å². The predicted octanol–water partition coefficient (Wildman–Crippen LogP) is 7.45. The molecule has 3 aliphatic rings. The molecular weight excluding hydrogens is 498 g/mol. The first-order valence-corrected chi connectivity index (χ1v) is 14.5. The molecule has 2 N–H and O–H groups in total. The third-order valence-corrected chi connectivity index (χ3v) is 8.92. The van der Waals surface area contributed by atoms with Crippen molar-refractivity contribution in [3.8, 4) is 11.5 Å². The van der Waals surface area contributed by atoms with E-state index in [-0.39, 0.29) is 17.7 Å². The van der Waals surface area contributed by atoms with E-state index in [1.807, 2.05) is 24.3 Å². The molecule has 1 aliphatic carbocycles. The molecular formula is C34H39N3O3. The summed E-state index contributed by atoms with van der Waals surface area (Å²) in [6.07, 6.45) is 4.87. The molecule has 0 aromatic heterocycles. The van der Waals surface area contributed by atoms with Crippen molar-refractivity contribution in [3.63, 3.8) is 0 Å². The number of carbonyl (C=O) groups is 1. The number of ether oxygens (including phenoxy) is 2. The zero-order valence-electron chi connectivity index (χ0n) is 23.9. The lowest BCUT2D eigenvalue weighted by Crippen LogP contribution is -2.43. The van der Waals surface area contributed by atoms with E-state index < -0.39 is 0 Å². The van der Waals surface area contributed by atoms with Gasteiger partial charge in [-0.1, -0.05) is 30.3 Å². The van der Waals surface area contributed by atoms with E-state index in [1.165, 1.54) is 24.9 Å². The SMILES string of the molecule is COc1ccc(C2CC(=O)C3=C(C2)Nc2ccccc2NC3c2ccc(N3C(C)CCCC3C)cc2OC)cc1. The summed E-state index contributed by atoms with van der Waals surface area (Å²) < 4.78 is 11.4. The minimum atomic E-state index is -0.323. The topological polar surface area (TPSA) is 62.8 Å². The van der Waals surface area contributed by atoms with Crippen molar-refractivity contribution in [3.05, 3.63) is 89.1 Å². The minimum Gasteiger partial charge on any atom is -0.497 e. The Balaban J connectivity index is 1.41. The average molecular weight is 538 g/mol. The number of hydrogen-bond acceptors (Lipinski definition) is 6. The molecule has 1 fully saturated rings. The largest absolute Gasteiger partial charge is 0.497 e. The highest BCUT2D eigenvalue weighted by atomic mass is 16.5. The van der Waals surface area contributed by atoms with Crippen LogP contribution < -0.4 is 25.0 Å². The summed E-state index contributed by atoms with van der Waals surface area (Å²) in [6, 6.07) is 23.4. The molecule has 40 heavy (non-hydrogen) atoms. The lowest BCUT2D eigenvalue weighted by atomic mass is 9.78. The van der Waals surface area contributed by atoms with Gasteiger partial charge >= 0.3 is 0 Å². The van der Waals surface area contributed by atoms with Gasteiger partial charge in [0.1, 0.15) is 11.5 Å². The monoisotopic (exact) mass is 537 g/mol. The molecule has 3 aromatic rings. The standard InChI is InChI=1S/C34H39N3O3/c1-21-8-7-9-22(2)37(21)25-14-17-27(32(20-25)40-4)34-33-30(35-28-10-5-6-11-29(28)36-34)18-24(19-31(33)38)23-12-15-26(39-3)16-13-23/h5-6,10-17,20-22,24,34-36H,7-9,18-19H2,1-4H3. The number of rotatable bonds is 5. The second-order valence-electron chi connectivity index (χ2n) is 11.4. The molecule has 2 heterocycles. The number of para-hydroxylation sites is 2. The molecule has 208 valence electrons. The van der Waals surface area contributed by atoms with Gasteiger partial charge in [0.25, 0.3) is 0 Å². The van der Waals surface area contributed by atoms with E-state index in [0.29, 0.717) is 18.5 Å². The second kappa shape index (κ2) is 10.9. The Labute approximate surface area is 237 Å². The van der Waals surface area contributed by atoms with E-state index in [4.69, 9.17) is 9.47 Å².